The van der Waals surface area contributed by atoms with Gasteiger partial charge < -0.3 is 14.4 Å². The van der Waals surface area contributed by atoms with Crippen LogP contribution in [0.15, 0.2) is 60.8 Å². The van der Waals surface area contributed by atoms with Gasteiger partial charge in [-0.1, -0.05) is 43.2 Å². The second kappa shape index (κ2) is 11.7. The fourth-order valence-corrected chi connectivity index (χ4v) is 4.39. The molecule has 0 atom stereocenters. The molecule has 3 aromatic rings. The van der Waals surface area contributed by atoms with Crippen molar-refractivity contribution in [3.05, 3.63) is 60.8 Å². The van der Waals surface area contributed by atoms with Crippen molar-refractivity contribution in [3.8, 4) is 22.7 Å². The summed E-state index contributed by atoms with van der Waals surface area (Å²) >= 11 is 0. The number of aromatic nitrogens is 2. The Labute approximate surface area is 205 Å². The summed E-state index contributed by atoms with van der Waals surface area (Å²) in [5.41, 5.74) is 2.50. The maximum atomic E-state index is 13.1. The van der Waals surface area contributed by atoms with E-state index in [1.54, 1.807) is 19.1 Å². The van der Waals surface area contributed by atoms with Gasteiger partial charge in [-0.15, -0.1) is 0 Å². The minimum Gasteiger partial charge on any atom is -0.497 e. The summed E-state index contributed by atoms with van der Waals surface area (Å²) in [6.45, 7) is 0.709. The molecule has 0 spiro atoms. The number of carbonyl (C=O) groups is 2. The van der Waals surface area contributed by atoms with E-state index in [1.165, 1.54) is 0 Å². The van der Waals surface area contributed by atoms with Gasteiger partial charge >= 0.3 is 0 Å². The van der Waals surface area contributed by atoms with Gasteiger partial charge in [0.1, 0.15) is 12.3 Å². The standard InChI is InChI=1S/C27H32N4O4/c1-34-17-16-30(26(33)21-10-6-7-11-21)19-25(32)29-27-28-24(20-8-4-3-5-9-20)18-31(27)22-12-14-23(35-2)15-13-22/h3-5,8-9,12-15,18,21H,6-7,10-11,16-17,19H2,1-2H3,(H,28,29,32). The first-order valence-electron chi connectivity index (χ1n) is 12.0. The van der Waals surface area contributed by atoms with Crippen LogP contribution in [0, 0.1) is 5.92 Å². The van der Waals surface area contributed by atoms with Gasteiger partial charge in [0.15, 0.2) is 0 Å². The lowest BCUT2D eigenvalue weighted by Crippen LogP contribution is -2.42. The lowest BCUT2D eigenvalue weighted by atomic mass is 10.1. The average Bonchev–Trinajstić information content (AvgIpc) is 3.57. The molecule has 35 heavy (non-hydrogen) atoms. The third-order valence-electron chi connectivity index (χ3n) is 6.29. The Balaban J connectivity index is 1.57. The van der Waals surface area contributed by atoms with Crippen molar-refractivity contribution >= 4 is 17.8 Å². The number of ether oxygens (including phenoxy) is 2. The lowest BCUT2D eigenvalue weighted by molar-refractivity contribution is -0.138. The van der Waals surface area contributed by atoms with Gasteiger partial charge in [-0.3, -0.25) is 19.5 Å². The molecule has 8 heteroatoms. The molecule has 8 nitrogen and oxygen atoms in total. The van der Waals surface area contributed by atoms with Crippen molar-refractivity contribution in [2.24, 2.45) is 5.92 Å². The fraction of sp³-hybridized carbons (Fsp3) is 0.370. The molecule has 1 saturated carbocycles. The van der Waals surface area contributed by atoms with Gasteiger partial charge in [-0.05, 0) is 37.1 Å². The summed E-state index contributed by atoms with van der Waals surface area (Å²) < 4.78 is 12.3. The molecule has 184 valence electrons. The Morgan fingerprint density at radius 3 is 2.43 bits per heavy atom. The molecule has 0 bridgehead atoms. The smallest absolute Gasteiger partial charge is 0.246 e. The minimum absolute atomic E-state index is 0.00868. The topological polar surface area (TPSA) is 85.7 Å². The number of benzene rings is 2. The molecule has 2 amide bonds. The second-order valence-corrected chi connectivity index (χ2v) is 8.67. The Bertz CT molecular complexity index is 1120. The normalized spacial score (nSPS) is 13.5. The van der Waals surface area contributed by atoms with Crippen LogP contribution >= 0.6 is 0 Å². The van der Waals surface area contributed by atoms with E-state index >= 15 is 0 Å². The molecule has 1 aliphatic rings. The number of methoxy groups -OCH3 is 2. The van der Waals surface area contributed by atoms with E-state index in [9.17, 15) is 9.59 Å². The molecule has 1 fully saturated rings. The molecule has 1 aromatic heterocycles. The number of rotatable bonds is 10. The number of hydrogen-bond acceptors (Lipinski definition) is 5. The summed E-state index contributed by atoms with van der Waals surface area (Å²) in [5.74, 6) is 0.845. The van der Waals surface area contributed by atoms with Crippen LogP contribution in [0.5, 0.6) is 5.75 Å². The summed E-state index contributed by atoms with van der Waals surface area (Å²) in [4.78, 5) is 32.5. The van der Waals surface area contributed by atoms with E-state index in [2.05, 4.69) is 5.32 Å². The fourth-order valence-electron chi connectivity index (χ4n) is 4.39. The third-order valence-corrected chi connectivity index (χ3v) is 6.29. The number of anilines is 1. The molecule has 0 aliphatic heterocycles. The molecule has 0 radical (unpaired) electrons. The number of nitrogens with zero attached hydrogens (tertiary/aromatic N) is 3. The van der Waals surface area contributed by atoms with Crippen LogP contribution in [0.25, 0.3) is 16.9 Å². The molecular formula is C27H32N4O4. The molecule has 2 aromatic carbocycles. The molecule has 0 saturated heterocycles. The van der Waals surface area contributed by atoms with Crippen molar-refractivity contribution in [1.82, 2.24) is 14.5 Å². The summed E-state index contributed by atoms with van der Waals surface area (Å²) in [6, 6.07) is 17.3. The van der Waals surface area contributed by atoms with Crippen LogP contribution in [-0.4, -0.2) is 60.2 Å². The van der Waals surface area contributed by atoms with Crippen LogP contribution in [-0.2, 0) is 14.3 Å². The molecule has 1 aliphatic carbocycles. The van der Waals surface area contributed by atoms with Crippen molar-refractivity contribution < 1.29 is 19.1 Å². The molecule has 1 heterocycles. The van der Waals surface area contributed by atoms with Crippen LogP contribution in [0.1, 0.15) is 25.7 Å². The van der Waals surface area contributed by atoms with Crippen molar-refractivity contribution in [2.45, 2.75) is 25.7 Å². The number of nitrogens with one attached hydrogen (secondary N) is 1. The molecule has 0 unspecified atom stereocenters. The first-order valence-corrected chi connectivity index (χ1v) is 12.0. The summed E-state index contributed by atoms with van der Waals surface area (Å²) in [6.07, 6.45) is 5.77. The quantitative estimate of drug-likeness (QED) is 0.475. The van der Waals surface area contributed by atoms with Crippen molar-refractivity contribution in [1.29, 1.82) is 0 Å². The Kier molecular flexibility index (Phi) is 8.15. The van der Waals surface area contributed by atoms with E-state index in [0.717, 1.165) is 48.4 Å². The number of carbonyl (C=O) groups excluding carboxylic acids is 2. The van der Waals surface area contributed by atoms with Crippen LogP contribution in [0.4, 0.5) is 5.95 Å². The predicted molar refractivity (Wildman–Crippen MR) is 135 cm³/mol. The van der Waals surface area contributed by atoms with Gasteiger partial charge in [-0.25, -0.2) is 4.98 Å². The highest BCUT2D eigenvalue weighted by atomic mass is 16.5. The summed E-state index contributed by atoms with van der Waals surface area (Å²) in [5, 5.41) is 2.93. The first kappa shape index (κ1) is 24.5. The number of hydrogen-bond donors (Lipinski definition) is 1. The van der Waals surface area contributed by atoms with Gasteiger partial charge in [0.2, 0.25) is 17.8 Å². The van der Waals surface area contributed by atoms with Crippen LogP contribution < -0.4 is 10.1 Å². The third kappa shape index (κ3) is 6.08. The Hall–Kier alpha value is -3.65. The van der Waals surface area contributed by atoms with Crippen LogP contribution in [0.2, 0.25) is 0 Å². The molecule has 4 rings (SSSR count). The first-order chi connectivity index (χ1) is 17.1. The Morgan fingerprint density at radius 1 is 1.06 bits per heavy atom. The predicted octanol–water partition coefficient (Wildman–Crippen LogP) is 4.15. The number of amides is 2. The zero-order chi connectivity index (χ0) is 24.6. The van der Waals surface area contributed by atoms with E-state index < -0.39 is 0 Å². The SMILES string of the molecule is COCCN(CC(=O)Nc1nc(-c2ccccc2)cn1-c1ccc(OC)cc1)C(=O)C1CCCC1. The van der Waals surface area contributed by atoms with Crippen LogP contribution in [0.3, 0.4) is 0 Å². The molecule has 1 N–H and O–H groups in total. The monoisotopic (exact) mass is 476 g/mol. The Morgan fingerprint density at radius 2 is 1.77 bits per heavy atom. The highest BCUT2D eigenvalue weighted by Gasteiger charge is 2.28. The van der Waals surface area contributed by atoms with E-state index in [0.29, 0.717) is 19.1 Å². The van der Waals surface area contributed by atoms with Gasteiger partial charge in [0.05, 0.1) is 19.4 Å². The highest BCUT2D eigenvalue weighted by Crippen LogP contribution is 2.27. The van der Waals surface area contributed by atoms with Gasteiger partial charge in [0, 0.05) is 37.0 Å². The van der Waals surface area contributed by atoms with Gasteiger partial charge in [0.25, 0.3) is 0 Å². The lowest BCUT2D eigenvalue weighted by Gasteiger charge is -2.24. The minimum atomic E-state index is -0.299. The maximum Gasteiger partial charge on any atom is 0.246 e. The van der Waals surface area contributed by atoms with Crippen molar-refractivity contribution in [2.75, 3.05) is 39.2 Å². The van der Waals surface area contributed by atoms with E-state index in [1.807, 2.05) is 65.4 Å². The zero-order valence-corrected chi connectivity index (χ0v) is 20.3. The highest BCUT2D eigenvalue weighted by molar-refractivity contribution is 5.94. The number of imidazole rings is 1. The van der Waals surface area contributed by atoms with Crippen molar-refractivity contribution in [3.63, 3.8) is 0 Å². The van der Waals surface area contributed by atoms with E-state index in [-0.39, 0.29) is 24.3 Å². The maximum absolute atomic E-state index is 13.1. The van der Waals surface area contributed by atoms with E-state index in [4.69, 9.17) is 14.5 Å². The molecular weight excluding hydrogens is 444 g/mol. The average molecular weight is 477 g/mol. The zero-order valence-electron chi connectivity index (χ0n) is 20.3. The second-order valence-electron chi connectivity index (χ2n) is 8.67. The van der Waals surface area contributed by atoms with Gasteiger partial charge in [-0.2, -0.15) is 0 Å². The largest absolute Gasteiger partial charge is 0.497 e. The summed E-state index contributed by atoms with van der Waals surface area (Å²) in [7, 11) is 3.21.